The van der Waals surface area contributed by atoms with Gasteiger partial charge in [0.2, 0.25) is 0 Å². The van der Waals surface area contributed by atoms with Crippen LogP contribution in [0.2, 0.25) is 0 Å². The third-order valence-electron chi connectivity index (χ3n) is 4.29. The number of thioether (sulfide) groups is 1. The molecule has 0 aliphatic heterocycles. The Morgan fingerprint density at radius 3 is 1.30 bits per heavy atom. The normalized spacial score (nSPS) is 45.9. The third kappa shape index (κ3) is 4.64. The molecule has 0 saturated heterocycles. The van der Waals surface area contributed by atoms with Crippen molar-refractivity contribution in [2.45, 2.75) is 55.4 Å². The van der Waals surface area contributed by atoms with E-state index in [0.717, 1.165) is 24.3 Å². The Hall–Kier alpha value is 0.490. The highest BCUT2D eigenvalue weighted by Crippen LogP contribution is 2.57. The fourth-order valence-corrected chi connectivity index (χ4v) is 6.01. The highest BCUT2D eigenvalue weighted by molar-refractivity contribution is 8.01. The van der Waals surface area contributed by atoms with Crippen LogP contribution in [0.3, 0.4) is 0 Å². The minimum Gasteiger partial charge on any atom is -0.309 e. The fourth-order valence-electron chi connectivity index (χ4n) is 2.89. The maximum absolute atomic E-state index is 13.6. The molecule has 0 radical (unpaired) electrons. The van der Waals surface area contributed by atoms with Crippen molar-refractivity contribution in [1.29, 1.82) is 0 Å². The van der Waals surface area contributed by atoms with Crippen molar-refractivity contribution >= 4 is 58.2 Å². The van der Waals surface area contributed by atoms with Gasteiger partial charge >= 0.3 is 12.4 Å². The third-order valence-corrected chi connectivity index (χ3v) is 7.94. The van der Waals surface area contributed by atoms with E-state index in [1.165, 1.54) is 0 Å². The van der Waals surface area contributed by atoms with Gasteiger partial charge in [0.05, 0.1) is 10.5 Å². The fraction of sp³-hybridized carbons (Fsp3) is 0.714. The number of rotatable bonds is 2. The molecule has 2 rings (SSSR count). The highest BCUT2D eigenvalue weighted by Gasteiger charge is 2.66. The number of nitrogens with two attached hydrogens (primary N) is 2. The van der Waals surface area contributed by atoms with E-state index in [4.69, 9.17) is 57.9 Å². The van der Waals surface area contributed by atoms with Crippen molar-refractivity contribution in [1.82, 2.24) is 0 Å². The molecule has 0 fully saturated rings. The zero-order chi connectivity index (χ0) is 21.1. The van der Waals surface area contributed by atoms with Gasteiger partial charge in [0.25, 0.3) is 0 Å². The summed E-state index contributed by atoms with van der Waals surface area (Å²) >= 11 is 23.5. The minimum atomic E-state index is -4.99. The second kappa shape index (κ2) is 7.03. The molecule has 6 unspecified atom stereocenters. The summed E-state index contributed by atoms with van der Waals surface area (Å²) in [4.78, 5) is -9.75. The van der Waals surface area contributed by atoms with Crippen LogP contribution in [-0.4, -0.2) is 42.6 Å². The summed E-state index contributed by atoms with van der Waals surface area (Å²) in [5.74, 6) is 0. The molecule has 2 aliphatic carbocycles. The highest BCUT2D eigenvalue weighted by atomic mass is 35.5. The number of hydrogen-bond acceptors (Lipinski definition) is 3. The van der Waals surface area contributed by atoms with E-state index in [0.29, 0.717) is 11.8 Å². The summed E-state index contributed by atoms with van der Waals surface area (Å²) in [5, 5.41) is -3.27. The van der Waals surface area contributed by atoms with Crippen molar-refractivity contribution in [2.75, 3.05) is 0 Å². The molecule has 2 aliphatic rings. The lowest BCUT2D eigenvalue weighted by molar-refractivity contribution is -0.164. The average Bonchev–Trinajstić information content (AvgIpc) is 2.40. The molecular formula is C14H14Cl4F6N2S. The summed E-state index contributed by atoms with van der Waals surface area (Å²) in [5.41, 5.74) is 11.1. The maximum Gasteiger partial charge on any atom is 0.409 e. The molecule has 156 valence electrons. The number of halogens is 10. The Morgan fingerprint density at radius 2 is 1.04 bits per heavy atom. The lowest BCUT2D eigenvalue weighted by Crippen LogP contribution is -2.59. The number of hydrogen-bond donors (Lipinski definition) is 2. The molecule has 0 aromatic carbocycles. The van der Waals surface area contributed by atoms with Gasteiger partial charge in [0, 0.05) is 12.8 Å². The first-order valence-electron chi connectivity index (χ1n) is 7.34. The second-order valence-electron chi connectivity index (χ2n) is 6.62. The smallest absolute Gasteiger partial charge is 0.309 e. The lowest BCUT2D eigenvalue weighted by Gasteiger charge is -2.46. The van der Waals surface area contributed by atoms with Gasteiger partial charge in [0.1, 0.15) is 10.00 Å². The molecule has 13 heteroatoms. The molecule has 0 aromatic heterocycles. The second-order valence-corrected chi connectivity index (χ2v) is 10.7. The van der Waals surface area contributed by atoms with Crippen molar-refractivity contribution < 1.29 is 26.3 Å². The Bertz CT molecular complexity index is 596. The topological polar surface area (TPSA) is 52.0 Å². The average molecular weight is 498 g/mol. The van der Waals surface area contributed by atoms with Gasteiger partial charge in [-0.25, -0.2) is 0 Å². The SMILES string of the molecule is NC1(Cl)C=CC(SC2C=CC(N)(Cl)CC2(Cl)C(F)(F)F)C(Cl)(C(F)(F)F)C1. The van der Waals surface area contributed by atoms with Crippen molar-refractivity contribution in [3.63, 3.8) is 0 Å². The molecule has 4 N–H and O–H groups in total. The van der Waals surface area contributed by atoms with Crippen LogP contribution in [0.4, 0.5) is 26.3 Å². The maximum atomic E-state index is 13.6. The monoisotopic (exact) mass is 496 g/mol. The summed E-state index contributed by atoms with van der Waals surface area (Å²) in [6, 6.07) is 0. The van der Waals surface area contributed by atoms with E-state index < -0.39 is 55.4 Å². The zero-order valence-electron chi connectivity index (χ0n) is 13.2. The van der Waals surface area contributed by atoms with Crippen LogP contribution in [0.25, 0.3) is 0 Å². The van der Waals surface area contributed by atoms with Gasteiger partial charge in [-0.15, -0.1) is 35.0 Å². The van der Waals surface area contributed by atoms with Gasteiger partial charge in [-0.05, 0) is 0 Å². The van der Waals surface area contributed by atoms with Crippen LogP contribution in [0.15, 0.2) is 24.3 Å². The molecular weight excluding hydrogens is 484 g/mol. The Labute approximate surface area is 175 Å². The first kappa shape index (κ1) is 23.8. The van der Waals surface area contributed by atoms with Gasteiger partial charge in [-0.1, -0.05) is 47.5 Å². The summed E-state index contributed by atoms with van der Waals surface area (Å²) < 4.78 is 81.7. The first-order valence-corrected chi connectivity index (χ1v) is 9.80. The zero-order valence-corrected chi connectivity index (χ0v) is 17.1. The molecule has 0 saturated carbocycles. The van der Waals surface area contributed by atoms with Crippen LogP contribution in [-0.2, 0) is 0 Å². The van der Waals surface area contributed by atoms with Crippen LogP contribution < -0.4 is 11.5 Å². The van der Waals surface area contributed by atoms with Crippen molar-refractivity contribution in [2.24, 2.45) is 11.5 Å². The van der Waals surface area contributed by atoms with Gasteiger partial charge in [0.15, 0.2) is 9.75 Å². The quantitative estimate of drug-likeness (QED) is 0.237. The first-order chi connectivity index (χ1) is 11.8. The Kier molecular flexibility index (Phi) is 6.19. The predicted octanol–water partition coefficient (Wildman–Crippen LogP) is 5.24. The predicted molar refractivity (Wildman–Crippen MR) is 97.5 cm³/mol. The van der Waals surface area contributed by atoms with Crippen LogP contribution in [0.1, 0.15) is 12.8 Å². The van der Waals surface area contributed by atoms with Crippen LogP contribution >= 0.6 is 58.2 Å². The molecule has 6 atom stereocenters. The van der Waals surface area contributed by atoms with E-state index in [1.807, 2.05) is 0 Å². The lowest BCUT2D eigenvalue weighted by atomic mass is 9.88. The molecule has 0 spiro atoms. The van der Waals surface area contributed by atoms with Gasteiger partial charge in [-0.3, -0.25) is 0 Å². The molecule has 0 amide bonds. The summed E-state index contributed by atoms with van der Waals surface area (Å²) in [6.45, 7) is 0. The van der Waals surface area contributed by atoms with Crippen molar-refractivity contribution in [3.8, 4) is 0 Å². The van der Waals surface area contributed by atoms with Gasteiger partial charge in [-0.2, -0.15) is 26.3 Å². The molecule has 0 heterocycles. The van der Waals surface area contributed by atoms with Gasteiger partial charge < -0.3 is 11.5 Å². The molecule has 27 heavy (non-hydrogen) atoms. The van der Waals surface area contributed by atoms with Crippen molar-refractivity contribution in [3.05, 3.63) is 24.3 Å². The number of alkyl halides is 10. The van der Waals surface area contributed by atoms with Crippen LogP contribution in [0, 0.1) is 0 Å². The standard InChI is InChI=1S/C14H14Cl4F6N2S/c15-9(25)3-1-7(11(17,5-9)13(19,20)21)27-8-2-4-10(16,26)6-12(8,18)14(22,23)24/h1-4,7-8H,5-6,25-26H2. The molecule has 0 aromatic rings. The van der Waals surface area contributed by atoms with E-state index in [9.17, 15) is 26.3 Å². The Balaban J connectivity index is 2.46. The van der Waals surface area contributed by atoms with E-state index in [1.54, 1.807) is 0 Å². The summed E-state index contributed by atoms with van der Waals surface area (Å²) in [6.07, 6.45) is -7.81. The van der Waals surface area contributed by atoms with Crippen LogP contribution in [0.5, 0.6) is 0 Å². The Morgan fingerprint density at radius 1 is 0.741 bits per heavy atom. The summed E-state index contributed by atoms with van der Waals surface area (Å²) in [7, 11) is 0. The largest absolute Gasteiger partial charge is 0.409 e. The van der Waals surface area contributed by atoms with E-state index in [-0.39, 0.29) is 0 Å². The minimum absolute atomic E-state index is 0.305. The molecule has 2 nitrogen and oxygen atoms in total. The van der Waals surface area contributed by atoms with E-state index >= 15 is 0 Å². The van der Waals surface area contributed by atoms with E-state index in [2.05, 4.69) is 0 Å². The molecule has 0 bridgehead atoms.